The van der Waals surface area contributed by atoms with Crippen LogP contribution in [0.15, 0.2) is 71.6 Å². The second-order valence-electron chi connectivity index (χ2n) is 8.68. The summed E-state index contributed by atoms with van der Waals surface area (Å²) in [5.74, 6) is 0.852. The standard InChI is InChI=1S/C27H30ClN3O5S/c1-35-26-19-21(28)11-14-25(26)36-24-8-4-3-7-23(24)30-37(33,34)22-12-9-20(10-13-22)27(32)29-15-18-31-16-5-2-6-17-31/h3-4,7-14,19,30H,2,5-6,15-18H2,1H3,(H,29,32). The molecule has 1 fully saturated rings. The van der Waals surface area contributed by atoms with Crippen LogP contribution < -0.4 is 19.5 Å². The number of benzene rings is 3. The van der Waals surface area contributed by atoms with Gasteiger partial charge >= 0.3 is 0 Å². The summed E-state index contributed by atoms with van der Waals surface area (Å²) in [6.45, 7) is 3.49. The smallest absolute Gasteiger partial charge is 0.262 e. The van der Waals surface area contributed by atoms with Gasteiger partial charge in [-0.05, 0) is 74.5 Å². The van der Waals surface area contributed by atoms with Crippen molar-refractivity contribution in [2.75, 3.05) is 38.0 Å². The molecule has 0 bridgehead atoms. The normalized spacial score (nSPS) is 14.1. The molecule has 1 amide bonds. The lowest BCUT2D eigenvalue weighted by atomic mass is 10.1. The third-order valence-corrected chi connectivity index (χ3v) is 7.68. The van der Waals surface area contributed by atoms with Gasteiger partial charge in [0.15, 0.2) is 17.2 Å². The molecular weight excluding hydrogens is 514 g/mol. The Labute approximate surface area is 222 Å². The number of carbonyl (C=O) groups is 1. The summed E-state index contributed by atoms with van der Waals surface area (Å²) in [7, 11) is -2.45. The van der Waals surface area contributed by atoms with Gasteiger partial charge in [0.05, 0.1) is 17.7 Å². The number of ether oxygens (including phenoxy) is 2. The van der Waals surface area contributed by atoms with Gasteiger partial charge in [-0.3, -0.25) is 9.52 Å². The number of nitrogens with zero attached hydrogens (tertiary/aromatic N) is 1. The minimum Gasteiger partial charge on any atom is -0.493 e. The van der Waals surface area contributed by atoms with Crippen LogP contribution in [-0.4, -0.2) is 52.5 Å². The zero-order valence-electron chi connectivity index (χ0n) is 20.6. The van der Waals surface area contributed by atoms with E-state index in [4.69, 9.17) is 21.1 Å². The van der Waals surface area contributed by atoms with E-state index in [0.29, 0.717) is 28.6 Å². The van der Waals surface area contributed by atoms with Crippen LogP contribution in [0.5, 0.6) is 17.2 Å². The van der Waals surface area contributed by atoms with Crippen LogP contribution in [0, 0.1) is 0 Å². The fraction of sp³-hybridized carbons (Fsp3) is 0.296. The number of methoxy groups -OCH3 is 1. The van der Waals surface area contributed by atoms with Gasteiger partial charge in [0.25, 0.3) is 15.9 Å². The van der Waals surface area contributed by atoms with Crippen LogP contribution in [-0.2, 0) is 10.0 Å². The zero-order valence-corrected chi connectivity index (χ0v) is 22.1. The average Bonchev–Trinajstić information content (AvgIpc) is 2.91. The van der Waals surface area contributed by atoms with E-state index in [-0.39, 0.29) is 22.2 Å². The first-order valence-electron chi connectivity index (χ1n) is 12.1. The molecule has 0 atom stereocenters. The summed E-state index contributed by atoms with van der Waals surface area (Å²) in [4.78, 5) is 14.9. The van der Waals surface area contributed by atoms with E-state index in [1.54, 1.807) is 42.5 Å². The third-order valence-electron chi connectivity index (χ3n) is 6.07. The molecule has 196 valence electrons. The Bertz CT molecular complexity index is 1330. The maximum absolute atomic E-state index is 13.1. The highest BCUT2D eigenvalue weighted by Gasteiger charge is 2.19. The predicted molar refractivity (Wildman–Crippen MR) is 144 cm³/mol. The number of amides is 1. The summed E-state index contributed by atoms with van der Waals surface area (Å²) in [5.41, 5.74) is 0.648. The maximum Gasteiger partial charge on any atom is 0.262 e. The van der Waals surface area contributed by atoms with E-state index in [1.807, 2.05) is 0 Å². The lowest BCUT2D eigenvalue weighted by Crippen LogP contribution is -2.37. The lowest BCUT2D eigenvalue weighted by Gasteiger charge is -2.26. The minimum absolute atomic E-state index is 0.0243. The highest BCUT2D eigenvalue weighted by molar-refractivity contribution is 7.92. The van der Waals surface area contributed by atoms with Gasteiger partial charge in [-0.25, -0.2) is 8.42 Å². The number of halogens is 1. The molecule has 0 unspecified atom stereocenters. The van der Waals surface area contributed by atoms with Gasteiger partial charge in [0.1, 0.15) is 0 Å². The molecule has 1 saturated heterocycles. The lowest BCUT2D eigenvalue weighted by molar-refractivity contribution is 0.0946. The van der Waals surface area contributed by atoms with E-state index in [1.165, 1.54) is 50.6 Å². The number of likely N-dealkylation sites (tertiary alicyclic amines) is 1. The van der Waals surface area contributed by atoms with E-state index in [9.17, 15) is 13.2 Å². The number of sulfonamides is 1. The number of carbonyl (C=O) groups excluding carboxylic acids is 1. The fourth-order valence-electron chi connectivity index (χ4n) is 4.09. The average molecular weight is 544 g/mol. The molecular formula is C27H30ClN3O5S. The Morgan fingerprint density at radius 2 is 1.68 bits per heavy atom. The SMILES string of the molecule is COc1cc(Cl)ccc1Oc1ccccc1NS(=O)(=O)c1ccc(C(=O)NCCN2CCCCC2)cc1. The van der Waals surface area contributed by atoms with Crippen LogP contribution in [0.3, 0.4) is 0 Å². The fourth-order valence-corrected chi connectivity index (χ4v) is 5.32. The molecule has 0 saturated carbocycles. The predicted octanol–water partition coefficient (Wildman–Crippen LogP) is 5.16. The van der Waals surface area contributed by atoms with Crippen LogP contribution in [0.2, 0.25) is 5.02 Å². The monoisotopic (exact) mass is 543 g/mol. The molecule has 8 nitrogen and oxygen atoms in total. The molecule has 0 aromatic heterocycles. The van der Waals surface area contributed by atoms with Crippen molar-refractivity contribution in [3.05, 3.63) is 77.3 Å². The van der Waals surface area contributed by atoms with E-state index < -0.39 is 10.0 Å². The van der Waals surface area contributed by atoms with Crippen LogP contribution >= 0.6 is 11.6 Å². The number of anilines is 1. The second-order valence-corrected chi connectivity index (χ2v) is 10.8. The molecule has 3 aromatic carbocycles. The molecule has 1 aliphatic rings. The zero-order chi connectivity index (χ0) is 26.3. The molecule has 4 rings (SSSR count). The van der Waals surface area contributed by atoms with Crippen molar-refractivity contribution >= 4 is 33.2 Å². The minimum atomic E-state index is -3.95. The van der Waals surface area contributed by atoms with Crippen molar-refractivity contribution in [2.45, 2.75) is 24.2 Å². The molecule has 3 aromatic rings. The first-order valence-corrected chi connectivity index (χ1v) is 14.0. The molecule has 0 radical (unpaired) electrons. The van der Waals surface area contributed by atoms with Gasteiger partial charge in [-0.15, -0.1) is 0 Å². The van der Waals surface area contributed by atoms with Crippen LogP contribution in [0.4, 0.5) is 5.69 Å². The number of hydrogen-bond acceptors (Lipinski definition) is 6. The number of nitrogens with one attached hydrogen (secondary N) is 2. The summed E-state index contributed by atoms with van der Waals surface area (Å²) >= 11 is 6.02. The highest BCUT2D eigenvalue weighted by atomic mass is 35.5. The van der Waals surface area contributed by atoms with Gasteiger partial charge in [-0.2, -0.15) is 0 Å². The van der Waals surface area contributed by atoms with Gasteiger partial charge in [-0.1, -0.05) is 30.2 Å². The summed E-state index contributed by atoms with van der Waals surface area (Å²) < 4.78 is 40.0. The van der Waals surface area contributed by atoms with Crippen molar-refractivity contribution in [3.8, 4) is 17.2 Å². The van der Waals surface area contributed by atoms with E-state index in [0.717, 1.165) is 19.6 Å². The molecule has 1 heterocycles. The van der Waals surface area contributed by atoms with Crippen LogP contribution in [0.1, 0.15) is 29.6 Å². The Balaban J connectivity index is 1.41. The molecule has 37 heavy (non-hydrogen) atoms. The number of hydrogen-bond donors (Lipinski definition) is 2. The maximum atomic E-state index is 13.1. The van der Waals surface area contributed by atoms with E-state index in [2.05, 4.69) is 14.9 Å². The van der Waals surface area contributed by atoms with Crippen molar-refractivity contribution in [1.29, 1.82) is 0 Å². The quantitative estimate of drug-likeness (QED) is 0.367. The molecule has 0 aliphatic carbocycles. The van der Waals surface area contributed by atoms with Crippen LogP contribution in [0.25, 0.3) is 0 Å². The van der Waals surface area contributed by atoms with Crippen molar-refractivity contribution < 1.29 is 22.7 Å². The van der Waals surface area contributed by atoms with E-state index >= 15 is 0 Å². The third kappa shape index (κ3) is 7.15. The topological polar surface area (TPSA) is 97.0 Å². The van der Waals surface area contributed by atoms with Gasteiger partial charge < -0.3 is 19.7 Å². The van der Waals surface area contributed by atoms with Gasteiger partial charge in [0, 0.05) is 29.7 Å². The molecule has 0 spiro atoms. The van der Waals surface area contributed by atoms with Crippen molar-refractivity contribution in [1.82, 2.24) is 10.2 Å². The Kier molecular flexibility index (Phi) is 8.91. The molecule has 10 heteroatoms. The summed E-state index contributed by atoms with van der Waals surface area (Å²) in [6, 6.07) is 17.4. The highest BCUT2D eigenvalue weighted by Crippen LogP contribution is 2.37. The first kappa shape index (κ1) is 26.8. The number of rotatable bonds is 10. The summed E-state index contributed by atoms with van der Waals surface area (Å²) in [5, 5.41) is 3.39. The van der Waals surface area contributed by atoms with Crippen molar-refractivity contribution in [2.24, 2.45) is 0 Å². The first-order chi connectivity index (χ1) is 17.9. The van der Waals surface area contributed by atoms with Crippen molar-refractivity contribution in [3.63, 3.8) is 0 Å². The Morgan fingerprint density at radius 3 is 2.41 bits per heavy atom. The largest absolute Gasteiger partial charge is 0.493 e. The number of para-hydroxylation sites is 2. The summed E-state index contributed by atoms with van der Waals surface area (Å²) in [6.07, 6.45) is 3.66. The second kappa shape index (κ2) is 12.3. The Hall–Kier alpha value is -3.27. The molecule has 2 N–H and O–H groups in total. The number of piperidine rings is 1. The van der Waals surface area contributed by atoms with Gasteiger partial charge in [0.2, 0.25) is 0 Å². The Morgan fingerprint density at radius 1 is 0.946 bits per heavy atom. The molecule has 1 aliphatic heterocycles.